The average molecular weight is 363 g/mol. The van der Waals surface area contributed by atoms with Crippen LogP contribution in [0.15, 0.2) is 54.6 Å². The average Bonchev–Trinajstić information content (AvgIpc) is 2.70. The van der Waals surface area contributed by atoms with Gasteiger partial charge in [0.15, 0.2) is 0 Å². The standard InChI is InChI=1S/C26H31F/c1-3-5-7-9-20-11-13-21(14-12-20)23-17-18-25-24(19-23)16-15-22(26(25)27)10-8-6-4-2/h11-19H,3-10H2,1-2H3. The lowest BCUT2D eigenvalue weighted by atomic mass is 9.97. The summed E-state index contributed by atoms with van der Waals surface area (Å²) in [4.78, 5) is 0. The van der Waals surface area contributed by atoms with Gasteiger partial charge in [-0.15, -0.1) is 0 Å². The highest BCUT2D eigenvalue weighted by Crippen LogP contribution is 2.28. The Balaban J connectivity index is 1.79. The molecule has 0 bridgehead atoms. The van der Waals surface area contributed by atoms with E-state index in [1.54, 1.807) is 0 Å². The zero-order chi connectivity index (χ0) is 19.1. The molecule has 0 unspecified atom stereocenters. The van der Waals surface area contributed by atoms with Gasteiger partial charge in [-0.2, -0.15) is 0 Å². The molecule has 3 aromatic rings. The fourth-order valence-electron chi connectivity index (χ4n) is 3.72. The van der Waals surface area contributed by atoms with Crippen molar-refractivity contribution in [3.05, 3.63) is 71.5 Å². The summed E-state index contributed by atoms with van der Waals surface area (Å²) in [6.45, 7) is 4.41. The molecule has 0 aliphatic heterocycles. The maximum Gasteiger partial charge on any atom is 0.134 e. The van der Waals surface area contributed by atoms with E-state index >= 15 is 0 Å². The molecule has 3 aromatic carbocycles. The zero-order valence-corrected chi connectivity index (χ0v) is 16.7. The van der Waals surface area contributed by atoms with Crippen molar-refractivity contribution in [1.29, 1.82) is 0 Å². The van der Waals surface area contributed by atoms with Gasteiger partial charge >= 0.3 is 0 Å². The minimum absolute atomic E-state index is 0.0403. The molecule has 0 radical (unpaired) electrons. The van der Waals surface area contributed by atoms with Crippen LogP contribution in [0.4, 0.5) is 4.39 Å². The van der Waals surface area contributed by atoms with E-state index in [0.717, 1.165) is 54.0 Å². The number of benzene rings is 3. The topological polar surface area (TPSA) is 0 Å². The van der Waals surface area contributed by atoms with Crippen molar-refractivity contribution >= 4 is 10.8 Å². The summed E-state index contributed by atoms with van der Waals surface area (Å²) in [5.41, 5.74) is 4.60. The van der Waals surface area contributed by atoms with Crippen molar-refractivity contribution in [1.82, 2.24) is 0 Å². The molecular formula is C26H31F. The monoisotopic (exact) mass is 362 g/mol. The van der Waals surface area contributed by atoms with Gasteiger partial charge in [-0.1, -0.05) is 88.1 Å². The Bertz CT molecular complexity index is 861. The lowest BCUT2D eigenvalue weighted by Crippen LogP contribution is -1.93. The molecule has 0 aromatic heterocycles. The second-order valence-electron chi connectivity index (χ2n) is 7.59. The summed E-state index contributed by atoms with van der Waals surface area (Å²) < 4.78 is 14.8. The lowest BCUT2D eigenvalue weighted by molar-refractivity contribution is 0.609. The highest BCUT2D eigenvalue weighted by atomic mass is 19.1. The molecule has 0 heterocycles. The van der Waals surface area contributed by atoms with Crippen molar-refractivity contribution in [3.63, 3.8) is 0 Å². The minimum Gasteiger partial charge on any atom is -0.206 e. The third-order valence-corrected chi connectivity index (χ3v) is 5.44. The first-order valence-electron chi connectivity index (χ1n) is 10.5. The highest BCUT2D eigenvalue weighted by Gasteiger charge is 2.08. The summed E-state index contributed by atoms with van der Waals surface area (Å²) in [7, 11) is 0. The van der Waals surface area contributed by atoms with Gasteiger partial charge in [-0.25, -0.2) is 4.39 Å². The molecule has 0 saturated heterocycles. The first-order chi connectivity index (χ1) is 13.2. The molecule has 1 heteroatoms. The van der Waals surface area contributed by atoms with Crippen LogP contribution in [0, 0.1) is 5.82 Å². The summed E-state index contributed by atoms with van der Waals surface area (Å²) >= 11 is 0. The van der Waals surface area contributed by atoms with Crippen molar-refractivity contribution in [2.24, 2.45) is 0 Å². The summed E-state index contributed by atoms with van der Waals surface area (Å²) in [6, 6.07) is 19.0. The molecule has 0 N–H and O–H groups in total. The number of hydrogen-bond acceptors (Lipinski definition) is 0. The molecule has 0 fully saturated rings. The van der Waals surface area contributed by atoms with Gasteiger partial charge in [0, 0.05) is 5.39 Å². The van der Waals surface area contributed by atoms with Gasteiger partial charge in [0.1, 0.15) is 5.82 Å². The predicted octanol–water partition coefficient (Wildman–Crippen LogP) is 8.11. The normalized spacial score (nSPS) is 11.2. The fraction of sp³-hybridized carbons (Fsp3) is 0.385. The van der Waals surface area contributed by atoms with Crippen molar-refractivity contribution in [3.8, 4) is 11.1 Å². The van der Waals surface area contributed by atoms with E-state index in [9.17, 15) is 4.39 Å². The van der Waals surface area contributed by atoms with Gasteiger partial charge in [0.05, 0.1) is 0 Å². The van der Waals surface area contributed by atoms with Crippen LogP contribution in [0.3, 0.4) is 0 Å². The maximum atomic E-state index is 14.8. The van der Waals surface area contributed by atoms with Gasteiger partial charge in [-0.3, -0.25) is 0 Å². The largest absolute Gasteiger partial charge is 0.206 e. The summed E-state index contributed by atoms with van der Waals surface area (Å²) in [5, 5.41) is 1.72. The first kappa shape index (κ1) is 19.6. The third kappa shape index (κ3) is 4.97. The highest BCUT2D eigenvalue weighted by molar-refractivity contribution is 5.88. The maximum absolute atomic E-state index is 14.8. The molecular weight excluding hydrogens is 331 g/mol. The van der Waals surface area contributed by atoms with Gasteiger partial charge < -0.3 is 0 Å². The van der Waals surface area contributed by atoms with E-state index < -0.39 is 0 Å². The van der Waals surface area contributed by atoms with Crippen LogP contribution >= 0.6 is 0 Å². The Morgan fingerprint density at radius 2 is 1.33 bits per heavy atom. The molecule has 0 saturated carbocycles. The van der Waals surface area contributed by atoms with Crippen LogP contribution in [0.1, 0.15) is 63.5 Å². The van der Waals surface area contributed by atoms with Gasteiger partial charge in [0.2, 0.25) is 0 Å². The molecule has 3 rings (SSSR count). The number of rotatable bonds is 9. The number of aryl methyl sites for hydroxylation is 2. The van der Waals surface area contributed by atoms with E-state index in [-0.39, 0.29) is 5.82 Å². The predicted molar refractivity (Wildman–Crippen MR) is 116 cm³/mol. The Hall–Kier alpha value is -2.15. The Morgan fingerprint density at radius 3 is 2.04 bits per heavy atom. The van der Waals surface area contributed by atoms with E-state index in [4.69, 9.17) is 0 Å². The van der Waals surface area contributed by atoms with Gasteiger partial charge in [-0.05, 0) is 59.4 Å². The molecule has 0 spiro atoms. The Labute approximate surface area is 163 Å². The van der Waals surface area contributed by atoms with Crippen molar-refractivity contribution in [2.45, 2.75) is 65.2 Å². The first-order valence-corrected chi connectivity index (χ1v) is 10.5. The van der Waals surface area contributed by atoms with E-state index in [1.165, 1.54) is 30.4 Å². The second-order valence-corrected chi connectivity index (χ2v) is 7.59. The molecule has 0 aliphatic rings. The van der Waals surface area contributed by atoms with Crippen LogP contribution in [0.2, 0.25) is 0 Å². The number of fused-ring (bicyclic) bond motifs is 1. The van der Waals surface area contributed by atoms with Crippen LogP contribution in [0.5, 0.6) is 0 Å². The quantitative estimate of drug-likeness (QED) is 0.337. The van der Waals surface area contributed by atoms with Crippen molar-refractivity contribution < 1.29 is 4.39 Å². The number of unbranched alkanes of at least 4 members (excludes halogenated alkanes) is 4. The molecule has 27 heavy (non-hydrogen) atoms. The number of hydrogen-bond donors (Lipinski definition) is 0. The Morgan fingerprint density at radius 1 is 0.667 bits per heavy atom. The van der Waals surface area contributed by atoms with Gasteiger partial charge in [0.25, 0.3) is 0 Å². The Kier molecular flexibility index (Phi) is 7.04. The second kappa shape index (κ2) is 9.69. The summed E-state index contributed by atoms with van der Waals surface area (Å²) in [5.74, 6) is -0.0403. The molecule has 0 amide bonds. The summed E-state index contributed by atoms with van der Waals surface area (Å²) in [6.07, 6.45) is 9.16. The van der Waals surface area contributed by atoms with E-state index in [0.29, 0.717) is 0 Å². The number of halogens is 1. The smallest absolute Gasteiger partial charge is 0.134 e. The third-order valence-electron chi connectivity index (χ3n) is 5.44. The van der Waals surface area contributed by atoms with Crippen molar-refractivity contribution in [2.75, 3.05) is 0 Å². The SMILES string of the molecule is CCCCCc1ccc(-c2ccc3c(F)c(CCCCC)ccc3c2)cc1. The molecule has 0 atom stereocenters. The van der Waals surface area contributed by atoms with E-state index in [2.05, 4.69) is 50.2 Å². The molecule has 0 aliphatic carbocycles. The minimum atomic E-state index is -0.0403. The zero-order valence-electron chi connectivity index (χ0n) is 16.7. The fourth-order valence-corrected chi connectivity index (χ4v) is 3.72. The van der Waals surface area contributed by atoms with Crippen LogP contribution < -0.4 is 0 Å². The molecule has 142 valence electrons. The molecule has 0 nitrogen and oxygen atoms in total. The van der Waals surface area contributed by atoms with Crippen LogP contribution in [-0.4, -0.2) is 0 Å². The van der Waals surface area contributed by atoms with Crippen LogP contribution in [0.25, 0.3) is 21.9 Å². The van der Waals surface area contributed by atoms with Crippen LogP contribution in [-0.2, 0) is 12.8 Å². The lowest BCUT2D eigenvalue weighted by Gasteiger charge is -2.09. The van der Waals surface area contributed by atoms with E-state index in [1.807, 2.05) is 18.2 Å².